The average molecular weight is 199 g/mol. The molecule has 1 saturated heterocycles. The smallest absolute Gasteiger partial charge is 0.184 e. The Bertz CT molecular complexity index is 155. The van der Waals surface area contributed by atoms with E-state index in [1.807, 2.05) is 0 Å². The van der Waals surface area contributed by atoms with Gasteiger partial charge >= 0.3 is 0 Å². The lowest BCUT2D eigenvalue weighted by molar-refractivity contribution is -0.143. The number of aliphatic hydroxyl groups excluding tert-OH is 4. The molecule has 1 rings (SSSR count). The lowest BCUT2D eigenvalue weighted by Gasteiger charge is -2.17. The Kier molecular flexibility index (Phi) is 3.28. The van der Waals surface area contributed by atoms with Gasteiger partial charge in [0.05, 0.1) is 12.0 Å². The van der Waals surface area contributed by atoms with Crippen molar-refractivity contribution in [2.24, 2.45) is 0 Å². The van der Waals surface area contributed by atoms with Gasteiger partial charge in [-0.05, 0) is 0 Å². The van der Waals surface area contributed by atoms with Crippen molar-refractivity contribution in [3.8, 4) is 0 Å². The zero-order valence-electron chi connectivity index (χ0n) is 6.17. The summed E-state index contributed by atoms with van der Waals surface area (Å²) >= 11 is 5.29. The Morgan fingerprint density at radius 1 is 1.25 bits per heavy atom. The SMILES string of the molecule is O[C@@H]1[C@@H](O)[C@@H](O)O[C@@H]1[C@H](O)CCl. The van der Waals surface area contributed by atoms with Crippen molar-refractivity contribution in [3.05, 3.63) is 0 Å². The van der Waals surface area contributed by atoms with Crippen molar-refractivity contribution < 1.29 is 25.2 Å². The van der Waals surface area contributed by atoms with Gasteiger partial charge in [-0.2, -0.15) is 0 Å². The number of aliphatic hydroxyl groups is 4. The Hall–Kier alpha value is 0.0900. The molecule has 5 nitrogen and oxygen atoms in total. The molecular formula is C6H11ClO5. The maximum Gasteiger partial charge on any atom is 0.184 e. The van der Waals surface area contributed by atoms with E-state index in [1.54, 1.807) is 0 Å². The van der Waals surface area contributed by atoms with Crippen LogP contribution in [0.25, 0.3) is 0 Å². The standard InChI is InChI=1S/C6H11ClO5/c7-1-2(8)5-3(9)4(10)6(11)12-5/h2-6,8-11H,1H2/t2-,3-,4-,5-,6+/m1/s1. The van der Waals surface area contributed by atoms with Crippen molar-refractivity contribution in [1.29, 1.82) is 0 Å². The van der Waals surface area contributed by atoms with Crippen molar-refractivity contribution in [2.75, 3.05) is 5.88 Å². The van der Waals surface area contributed by atoms with Gasteiger partial charge in [0.1, 0.15) is 18.3 Å². The van der Waals surface area contributed by atoms with Crippen LogP contribution in [0.5, 0.6) is 0 Å². The minimum absolute atomic E-state index is 0.124. The van der Waals surface area contributed by atoms with Crippen LogP contribution in [0.4, 0.5) is 0 Å². The summed E-state index contributed by atoms with van der Waals surface area (Å²) in [5.41, 5.74) is 0. The van der Waals surface area contributed by atoms with E-state index in [4.69, 9.17) is 26.9 Å². The Morgan fingerprint density at radius 2 is 1.83 bits per heavy atom. The summed E-state index contributed by atoms with van der Waals surface area (Å²) in [6.45, 7) is 0. The van der Waals surface area contributed by atoms with E-state index in [2.05, 4.69) is 4.74 Å². The first-order valence-corrected chi connectivity index (χ1v) is 4.05. The summed E-state index contributed by atoms with van der Waals surface area (Å²) in [6, 6.07) is 0. The maximum absolute atomic E-state index is 9.18. The molecule has 0 aromatic rings. The van der Waals surface area contributed by atoms with Gasteiger partial charge in [0.15, 0.2) is 6.29 Å². The Morgan fingerprint density at radius 3 is 2.17 bits per heavy atom. The summed E-state index contributed by atoms with van der Waals surface area (Å²) in [5.74, 6) is -0.124. The fraction of sp³-hybridized carbons (Fsp3) is 1.00. The second-order valence-electron chi connectivity index (χ2n) is 2.69. The quantitative estimate of drug-likeness (QED) is 0.387. The first-order valence-electron chi connectivity index (χ1n) is 3.51. The molecule has 0 saturated carbocycles. The van der Waals surface area contributed by atoms with E-state index in [0.29, 0.717) is 0 Å². The number of alkyl halides is 1. The largest absolute Gasteiger partial charge is 0.389 e. The van der Waals surface area contributed by atoms with Gasteiger partial charge in [-0.1, -0.05) is 0 Å². The van der Waals surface area contributed by atoms with Crippen molar-refractivity contribution in [3.63, 3.8) is 0 Å². The van der Waals surface area contributed by atoms with Gasteiger partial charge in [-0.25, -0.2) is 0 Å². The van der Waals surface area contributed by atoms with Crippen LogP contribution in [-0.2, 0) is 4.74 Å². The molecular weight excluding hydrogens is 188 g/mol. The first-order chi connectivity index (χ1) is 5.57. The highest BCUT2D eigenvalue weighted by atomic mass is 35.5. The van der Waals surface area contributed by atoms with Crippen LogP contribution >= 0.6 is 11.6 Å². The average Bonchev–Trinajstić information content (AvgIpc) is 2.32. The second kappa shape index (κ2) is 3.87. The third-order valence-electron chi connectivity index (χ3n) is 1.81. The molecule has 0 radical (unpaired) electrons. The van der Waals surface area contributed by atoms with E-state index >= 15 is 0 Å². The third kappa shape index (κ3) is 1.71. The van der Waals surface area contributed by atoms with Crippen LogP contribution in [0.1, 0.15) is 0 Å². The Labute approximate surface area is 74.2 Å². The molecule has 0 spiro atoms. The molecule has 1 heterocycles. The van der Waals surface area contributed by atoms with Crippen LogP contribution in [0.2, 0.25) is 0 Å². The molecule has 0 bridgehead atoms. The lowest BCUT2D eigenvalue weighted by atomic mass is 10.1. The fourth-order valence-electron chi connectivity index (χ4n) is 1.09. The van der Waals surface area contributed by atoms with E-state index in [1.165, 1.54) is 0 Å². The summed E-state index contributed by atoms with van der Waals surface area (Å²) in [7, 11) is 0. The molecule has 12 heavy (non-hydrogen) atoms. The van der Waals surface area contributed by atoms with E-state index in [-0.39, 0.29) is 5.88 Å². The highest BCUT2D eigenvalue weighted by Gasteiger charge is 2.44. The molecule has 4 N–H and O–H groups in total. The number of hydrogen-bond acceptors (Lipinski definition) is 5. The number of hydrogen-bond donors (Lipinski definition) is 4. The van der Waals surface area contributed by atoms with Crippen LogP contribution in [0, 0.1) is 0 Å². The van der Waals surface area contributed by atoms with E-state index in [0.717, 1.165) is 0 Å². The zero-order valence-corrected chi connectivity index (χ0v) is 6.92. The van der Waals surface area contributed by atoms with Gasteiger partial charge in [-0.3, -0.25) is 0 Å². The van der Waals surface area contributed by atoms with Gasteiger partial charge in [-0.15, -0.1) is 11.6 Å². The monoisotopic (exact) mass is 198 g/mol. The minimum Gasteiger partial charge on any atom is -0.389 e. The first kappa shape index (κ1) is 10.2. The molecule has 6 heteroatoms. The molecule has 5 atom stereocenters. The molecule has 1 aliphatic rings. The minimum atomic E-state index is -1.46. The van der Waals surface area contributed by atoms with Gasteiger partial charge in [0.2, 0.25) is 0 Å². The molecule has 0 aromatic heterocycles. The molecule has 0 aromatic carbocycles. The molecule has 1 fully saturated rings. The van der Waals surface area contributed by atoms with Crippen LogP contribution in [0.15, 0.2) is 0 Å². The lowest BCUT2D eigenvalue weighted by Crippen LogP contribution is -2.39. The van der Waals surface area contributed by atoms with Gasteiger partial charge in [0.25, 0.3) is 0 Å². The molecule has 0 aliphatic carbocycles. The van der Waals surface area contributed by atoms with Crippen LogP contribution < -0.4 is 0 Å². The summed E-state index contributed by atoms with van der Waals surface area (Å²) in [6.07, 6.45) is -6.24. The van der Waals surface area contributed by atoms with Crippen molar-refractivity contribution >= 4 is 11.6 Å². The van der Waals surface area contributed by atoms with Crippen LogP contribution in [0.3, 0.4) is 0 Å². The third-order valence-corrected chi connectivity index (χ3v) is 2.13. The summed E-state index contributed by atoms with van der Waals surface area (Å²) < 4.78 is 4.66. The van der Waals surface area contributed by atoms with Gasteiger partial charge in [0, 0.05) is 0 Å². The van der Waals surface area contributed by atoms with Crippen molar-refractivity contribution in [2.45, 2.75) is 30.7 Å². The molecule has 1 aliphatic heterocycles. The predicted octanol–water partition coefficient (Wildman–Crippen LogP) is -1.97. The maximum atomic E-state index is 9.18. The zero-order chi connectivity index (χ0) is 9.30. The fourth-order valence-corrected chi connectivity index (χ4v) is 1.27. The summed E-state index contributed by atoms with van der Waals surface area (Å²) in [5, 5.41) is 36.2. The highest BCUT2D eigenvalue weighted by Crippen LogP contribution is 2.22. The van der Waals surface area contributed by atoms with E-state index in [9.17, 15) is 5.11 Å². The van der Waals surface area contributed by atoms with Gasteiger partial charge < -0.3 is 25.2 Å². The Balaban J connectivity index is 2.58. The second-order valence-corrected chi connectivity index (χ2v) is 3.00. The predicted molar refractivity (Wildman–Crippen MR) is 39.6 cm³/mol. The molecule has 0 unspecified atom stereocenters. The van der Waals surface area contributed by atoms with Crippen LogP contribution in [-0.4, -0.2) is 57.0 Å². The number of halogens is 1. The van der Waals surface area contributed by atoms with E-state index < -0.39 is 30.7 Å². The number of rotatable bonds is 2. The number of ether oxygens (including phenoxy) is 1. The topological polar surface area (TPSA) is 90.2 Å². The molecule has 0 amide bonds. The normalized spacial score (nSPS) is 44.8. The summed E-state index contributed by atoms with van der Waals surface area (Å²) in [4.78, 5) is 0. The van der Waals surface area contributed by atoms with Crippen molar-refractivity contribution in [1.82, 2.24) is 0 Å². The highest BCUT2D eigenvalue weighted by molar-refractivity contribution is 6.18. The molecule has 72 valence electrons.